The van der Waals surface area contributed by atoms with Crippen molar-refractivity contribution >= 4 is 5.91 Å². The Labute approximate surface area is 153 Å². The topological polar surface area (TPSA) is 59.8 Å². The first-order valence-electron chi connectivity index (χ1n) is 9.13. The molecule has 0 bridgehead atoms. The second-order valence-electron chi connectivity index (χ2n) is 6.64. The highest BCUT2D eigenvalue weighted by Gasteiger charge is 2.26. The minimum Gasteiger partial charge on any atom is -0.349 e. The van der Waals surface area contributed by atoms with Gasteiger partial charge in [-0.15, -0.1) is 0 Å². The van der Waals surface area contributed by atoms with E-state index >= 15 is 0 Å². The number of carbonyl (C=O) groups excluding carboxylic acids is 1. The van der Waals surface area contributed by atoms with Crippen molar-refractivity contribution in [3.63, 3.8) is 0 Å². The highest BCUT2D eigenvalue weighted by Crippen LogP contribution is 2.30. The Morgan fingerprint density at radius 3 is 2.81 bits per heavy atom. The van der Waals surface area contributed by atoms with Crippen LogP contribution in [0.15, 0.2) is 60.9 Å². The number of nitrogens with zero attached hydrogens (tertiary/aromatic N) is 3. The monoisotopic (exact) mass is 346 g/mol. The van der Waals surface area contributed by atoms with Crippen LogP contribution in [0.5, 0.6) is 0 Å². The lowest BCUT2D eigenvalue weighted by Crippen LogP contribution is -2.31. The van der Waals surface area contributed by atoms with E-state index in [4.69, 9.17) is 0 Å². The quantitative estimate of drug-likeness (QED) is 0.770. The van der Waals surface area contributed by atoms with Crippen molar-refractivity contribution < 1.29 is 4.79 Å². The molecular formula is C21H22N4O. The summed E-state index contributed by atoms with van der Waals surface area (Å²) in [5.74, 6) is 0.919. The molecule has 0 saturated carbocycles. The summed E-state index contributed by atoms with van der Waals surface area (Å²) >= 11 is 0. The summed E-state index contributed by atoms with van der Waals surface area (Å²) in [4.78, 5) is 16.8. The molecule has 2 heterocycles. The summed E-state index contributed by atoms with van der Waals surface area (Å²) in [6, 6.07) is 16.0. The lowest BCUT2D eigenvalue weighted by Gasteiger charge is -2.24. The first kappa shape index (κ1) is 16.5. The molecule has 1 atom stereocenters. The Hall–Kier alpha value is -2.95. The molecule has 1 amide bonds. The van der Waals surface area contributed by atoms with Crippen molar-refractivity contribution in [2.24, 2.45) is 0 Å². The number of aromatic nitrogens is 3. The fourth-order valence-electron chi connectivity index (χ4n) is 3.55. The molecule has 0 unspecified atom stereocenters. The number of pyridine rings is 1. The Bertz CT molecular complexity index is 874. The summed E-state index contributed by atoms with van der Waals surface area (Å²) < 4.78 is 1.90. The van der Waals surface area contributed by atoms with Gasteiger partial charge in [-0.25, -0.2) is 9.67 Å². The van der Waals surface area contributed by atoms with Gasteiger partial charge in [-0.1, -0.05) is 36.4 Å². The van der Waals surface area contributed by atoms with Crippen LogP contribution in [0.1, 0.15) is 42.1 Å². The van der Waals surface area contributed by atoms with Crippen LogP contribution in [-0.2, 0) is 17.6 Å². The molecule has 0 aliphatic heterocycles. The molecule has 132 valence electrons. The molecule has 1 N–H and O–H groups in total. The first-order valence-corrected chi connectivity index (χ1v) is 9.13. The van der Waals surface area contributed by atoms with E-state index in [0.29, 0.717) is 6.42 Å². The van der Waals surface area contributed by atoms with Crippen LogP contribution in [0, 0.1) is 0 Å². The van der Waals surface area contributed by atoms with E-state index in [9.17, 15) is 4.79 Å². The van der Waals surface area contributed by atoms with Crippen molar-refractivity contribution in [2.45, 2.75) is 38.1 Å². The highest BCUT2D eigenvalue weighted by molar-refractivity contribution is 5.76. The second kappa shape index (κ2) is 7.52. The maximum absolute atomic E-state index is 12.4. The van der Waals surface area contributed by atoms with Gasteiger partial charge in [-0.05, 0) is 43.4 Å². The molecule has 4 rings (SSSR count). The molecule has 5 nitrogen and oxygen atoms in total. The molecular weight excluding hydrogens is 324 g/mol. The molecule has 1 aromatic carbocycles. The minimum absolute atomic E-state index is 0.0412. The third-order valence-corrected chi connectivity index (χ3v) is 4.87. The van der Waals surface area contributed by atoms with Crippen LogP contribution in [0.4, 0.5) is 0 Å². The van der Waals surface area contributed by atoms with E-state index in [1.165, 1.54) is 5.56 Å². The molecule has 0 fully saturated rings. The van der Waals surface area contributed by atoms with Gasteiger partial charge >= 0.3 is 0 Å². The highest BCUT2D eigenvalue weighted by atomic mass is 16.1. The van der Waals surface area contributed by atoms with Crippen molar-refractivity contribution in [1.82, 2.24) is 20.1 Å². The fourth-order valence-corrected chi connectivity index (χ4v) is 3.55. The number of fused-ring (bicyclic) bond motifs is 1. The van der Waals surface area contributed by atoms with Gasteiger partial charge in [-0.2, -0.15) is 5.10 Å². The van der Waals surface area contributed by atoms with Crippen LogP contribution >= 0.6 is 0 Å². The summed E-state index contributed by atoms with van der Waals surface area (Å²) in [7, 11) is 0. The zero-order valence-electron chi connectivity index (χ0n) is 14.6. The largest absolute Gasteiger partial charge is 0.349 e. The van der Waals surface area contributed by atoms with Crippen molar-refractivity contribution in [3.8, 4) is 5.82 Å². The maximum Gasteiger partial charge on any atom is 0.220 e. The third kappa shape index (κ3) is 3.52. The van der Waals surface area contributed by atoms with Gasteiger partial charge in [0.15, 0.2) is 5.82 Å². The second-order valence-corrected chi connectivity index (χ2v) is 6.64. The molecule has 26 heavy (non-hydrogen) atoms. The summed E-state index contributed by atoms with van der Waals surface area (Å²) in [5.41, 5.74) is 3.47. The number of aryl methyl sites for hydroxylation is 1. The van der Waals surface area contributed by atoms with Crippen LogP contribution in [-0.4, -0.2) is 20.7 Å². The van der Waals surface area contributed by atoms with Crippen LogP contribution < -0.4 is 5.32 Å². The van der Waals surface area contributed by atoms with E-state index in [1.54, 1.807) is 6.20 Å². The first-order chi connectivity index (χ1) is 12.8. The number of amides is 1. The van der Waals surface area contributed by atoms with E-state index in [-0.39, 0.29) is 11.9 Å². The Morgan fingerprint density at radius 1 is 1.15 bits per heavy atom. The number of nitrogens with one attached hydrogen (secondary N) is 1. The zero-order valence-corrected chi connectivity index (χ0v) is 14.6. The van der Waals surface area contributed by atoms with E-state index in [1.807, 2.05) is 47.3 Å². The van der Waals surface area contributed by atoms with Crippen molar-refractivity contribution in [1.29, 1.82) is 0 Å². The van der Waals surface area contributed by atoms with Gasteiger partial charge in [0.25, 0.3) is 0 Å². The Balaban J connectivity index is 1.45. The van der Waals surface area contributed by atoms with Gasteiger partial charge < -0.3 is 5.32 Å². The predicted molar refractivity (Wildman–Crippen MR) is 99.9 cm³/mol. The van der Waals surface area contributed by atoms with Crippen LogP contribution in [0.3, 0.4) is 0 Å². The maximum atomic E-state index is 12.4. The summed E-state index contributed by atoms with van der Waals surface area (Å²) in [5, 5.41) is 7.72. The van der Waals surface area contributed by atoms with E-state index in [2.05, 4.69) is 27.5 Å². The van der Waals surface area contributed by atoms with E-state index in [0.717, 1.165) is 42.8 Å². The average molecular weight is 346 g/mol. The summed E-state index contributed by atoms with van der Waals surface area (Å²) in [6.45, 7) is 0. The van der Waals surface area contributed by atoms with Crippen LogP contribution in [0.25, 0.3) is 5.82 Å². The lowest BCUT2D eigenvalue weighted by atomic mass is 9.92. The molecule has 3 aromatic rings. The molecule has 1 aliphatic carbocycles. The molecule has 5 heteroatoms. The Morgan fingerprint density at radius 2 is 2.00 bits per heavy atom. The van der Waals surface area contributed by atoms with Gasteiger partial charge in [0.2, 0.25) is 5.91 Å². The zero-order chi connectivity index (χ0) is 17.8. The number of hydrogen-bond acceptors (Lipinski definition) is 3. The van der Waals surface area contributed by atoms with Crippen LogP contribution in [0.2, 0.25) is 0 Å². The normalized spacial score (nSPS) is 16.1. The SMILES string of the molecule is O=C(CCc1ccccc1)N[C@@H]1CCCc2c1cnn2-c1ccccn1. The molecule has 0 radical (unpaired) electrons. The minimum atomic E-state index is 0.0412. The van der Waals surface area contributed by atoms with Crippen molar-refractivity contribution in [2.75, 3.05) is 0 Å². The standard InChI is InChI=1S/C21H22N4O/c26-21(13-12-16-7-2-1-3-8-16)24-18-9-6-10-19-17(18)15-23-25(19)20-11-4-5-14-22-20/h1-5,7-8,11,14-15,18H,6,9-10,12-13H2,(H,24,26)/t18-/m1/s1. The third-order valence-electron chi connectivity index (χ3n) is 4.87. The fraction of sp³-hybridized carbons (Fsp3) is 0.286. The smallest absolute Gasteiger partial charge is 0.220 e. The Kier molecular flexibility index (Phi) is 4.78. The van der Waals surface area contributed by atoms with Gasteiger partial charge in [0, 0.05) is 18.2 Å². The van der Waals surface area contributed by atoms with Crippen molar-refractivity contribution in [3.05, 3.63) is 77.7 Å². The molecule has 1 aliphatic rings. The molecule has 0 saturated heterocycles. The molecule has 2 aromatic heterocycles. The summed E-state index contributed by atoms with van der Waals surface area (Å²) in [6.07, 6.45) is 7.87. The lowest BCUT2D eigenvalue weighted by molar-refractivity contribution is -0.121. The predicted octanol–water partition coefficient (Wildman–Crippen LogP) is 3.39. The van der Waals surface area contributed by atoms with E-state index < -0.39 is 0 Å². The average Bonchev–Trinajstić information content (AvgIpc) is 3.13. The molecule has 0 spiro atoms. The number of rotatable bonds is 5. The van der Waals surface area contributed by atoms with Gasteiger partial charge in [0.05, 0.1) is 17.9 Å². The number of benzene rings is 1. The number of carbonyl (C=O) groups is 1. The number of hydrogen-bond donors (Lipinski definition) is 1. The van der Waals surface area contributed by atoms with Gasteiger partial charge in [0.1, 0.15) is 0 Å². The van der Waals surface area contributed by atoms with Gasteiger partial charge in [-0.3, -0.25) is 4.79 Å².